The number of ketones is 1. The van der Waals surface area contributed by atoms with E-state index in [2.05, 4.69) is 0 Å². The summed E-state index contributed by atoms with van der Waals surface area (Å²) in [7, 11) is 0. The van der Waals surface area contributed by atoms with E-state index in [0.29, 0.717) is 12.2 Å². The highest BCUT2D eigenvalue weighted by molar-refractivity contribution is 6.31. The average Bonchev–Trinajstić information content (AvgIpc) is 2.44. The fourth-order valence-corrected chi connectivity index (χ4v) is 3.76. The van der Waals surface area contributed by atoms with Crippen molar-refractivity contribution < 1.29 is 13.9 Å². The number of ether oxygens (including phenoxy) is 1. The number of nitriles is 1. The highest BCUT2D eigenvalue weighted by atomic mass is 35.5. The number of rotatable bonds is 1. The number of nitrogens with zero attached hydrogens (tertiary/aromatic N) is 1. The van der Waals surface area contributed by atoms with Gasteiger partial charge in [0.25, 0.3) is 0 Å². The van der Waals surface area contributed by atoms with Crippen LogP contribution >= 0.6 is 11.6 Å². The van der Waals surface area contributed by atoms with Gasteiger partial charge in [-0.1, -0.05) is 31.5 Å². The standard InChI is InChI=1S/C18H16ClFN2O2/c1-18(2)6-12(23)16-13(7-18)24-17(22)9(8-21)14(16)15-10(19)4-3-5-11(15)20/h3-5,9,14,22H,6-7H2,1-2H3. The van der Waals surface area contributed by atoms with Gasteiger partial charge >= 0.3 is 0 Å². The second kappa shape index (κ2) is 5.71. The third-order valence-electron chi connectivity index (χ3n) is 4.49. The molecular formula is C18H16ClFN2O2. The van der Waals surface area contributed by atoms with Crippen molar-refractivity contribution in [3.63, 3.8) is 0 Å². The molecule has 2 atom stereocenters. The maximum absolute atomic E-state index is 14.5. The Bertz CT molecular complexity index is 803. The Kier molecular flexibility index (Phi) is 3.97. The van der Waals surface area contributed by atoms with Crippen molar-refractivity contribution in [2.24, 2.45) is 11.3 Å². The van der Waals surface area contributed by atoms with Gasteiger partial charge in [0.1, 0.15) is 17.5 Å². The third-order valence-corrected chi connectivity index (χ3v) is 4.82. The lowest BCUT2D eigenvalue weighted by Crippen LogP contribution is -2.38. The van der Waals surface area contributed by atoms with E-state index in [1.165, 1.54) is 18.2 Å². The molecule has 2 unspecified atom stereocenters. The molecule has 1 N–H and O–H groups in total. The molecule has 4 nitrogen and oxygen atoms in total. The lowest BCUT2D eigenvalue weighted by atomic mass is 9.68. The summed E-state index contributed by atoms with van der Waals surface area (Å²) < 4.78 is 20.0. The molecule has 124 valence electrons. The normalized spacial score (nSPS) is 25.8. The zero-order chi connectivity index (χ0) is 17.6. The van der Waals surface area contributed by atoms with Gasteiger partial charge in [-0.2, -0.15) is 5.26 Å². The molecule has 0 radical (unpaired) electrons. The van der Waals surface area contributed by atoms with E-state index in [1.807, 2.05) is 19.9 Å². The molecule has 0 spiro atoms. The number of nitrogens with one attached hydrogen (secondary N) is 1. The van der Waals surface area contributed by atoms with Crippen molar-refractivity contribution in [3.8, 4) is 6.07 Å². The van der Waals surface area contributed by atoms with Gasteiger partial charge in [-0.15, -0.1) is 0 Å². The van der Waals surface area contributed by atoms with Gasteiger partial charge in [0.05, 0.1) is 6.07 Å². The van der Waals surface area contributed by atoms with Crippen LogP contribution in [0.3, 0.4) is 0 Å². The quantitative estimate of drug-likeness (QED) is 0.821. The first-order chi connectivity index (χ1) is 11.2. The van der Waals surface area contributed by atoms with Crippen LogP contribution in [0, 0.1) is 33.9 Å². The van der Waals surface area contributed by atoms with E-state index < -0.39 is 17.7 Å². The van der Waals surface area contributed by atoms with Crippen molar-refractivity contribution in [1.29, 1.82) is 10.7 Å². The number of allylic oxidation sites excluding steroid dienone is 2. The van der Waals surface area contributed by atoms with Crippen molar-refractivity contribution in [1.82, 2.24) is 0 Å². The van der Waals surface area contributed by atoms with Crippen LogP contribution in [0.1, 0.15) is 38.2 Å². The van der Waals surface area contributed by atoms with Crippen LogP contribution in [0.5, 0.6) is 0 Å². The lowest BCUT2D eigenvalue weighted by molar-refractivity contribution is -0.119. The van der Waals surface area contributed by atoms with E-state index in [9.17, 15) is 14.4 Å². The summed E-state index contributed by atoms with van der Waals surface area (Å²) in [4.78, 5) is 12.7. The summed E-state index contributed by atoms with van der Waals surface area (Å²) in [6.45, 7) is 3.87. The van der Waals surface area contributed by atoms with Crippen molar-refractivity contribution in [2.45, 2.75) is 32.6 Å². The minimum atomic E-state index is -1.08. The summed E-state index contributed by atoms with van der Waals surface area (Å²) >= 11 is 6.17. The van der Waals surface area contributed by atoms with Gasteiger partial charge < -0.3 is 4.74 Å². The van der Waals surface area contributed by atoms with Crippen molar-refractivity contribution in [2.75, 3.05) is 0 Å². The highest BCUT2D eigenvalue weighted by Gasteiger charge is 2.47. The summed E-state index contributed by atoms with van der Waals surface area (Å²) in [6.07, 6.45) is 0.737. The predicted octanol–water partition coefficient (Wildman–Crippen LogP) is 4.35. The van der Waals surface area contributed by atoms with Crippen LogP contribution in [-0.4, -0.2) is 11.7 Å². The molecule has 0 saturated heterocycles. The number of Topliss-reactive ketones (excluding diaryl/α,β-unsaturated/α-hetero) is 1. The predicted molar refractivity (Wildman–Crippen MR) is 87.1 cm³/mol. The Morgan fingerprint density at radius 2 is 2.12 bits per heavy atom. The number of hydrogen-bond donors (Lipinski definition) is 1. The van der Waals surface area contributed by atoms with E-state index in [-0.39, 0.29) is 39.7 Å². The molecule has 0 fully saturated rings. The van der Waals surface area contributed by atoms with Crippen molar-refractivity contribution in [3.05, 3.63) is 45.9 Å². The largest absolute Gasteiger partial charge is 0.446 e. The number of halogens is 2. The van der Waals surface area contributed by atoms with Crippen molar-refractivity contribution >= 4 is 23.3 Å². The number of carbonyl (C=O) groups is 1. The maximum Gasteiger partial charge on any atom is 0.205 e. The summed E-state index contributed by atoms with van der Waals surface area (Å²) in [5.74, 6) is -2.68. The van der Waals surface area contributed by atoms with Gasteiger partial charge in [0, 0.05) is 34.9 Å². The highest BCUT2D eigenvalue weighted by Crippen LogP contribution is 2.49. The minimum Gasteiger partial charge on any atom is -0.446 e. The van der Waals surface area contributed by atoms with Crippen LogP contribution in [0.15, 0.2) is 29.5 Å². The lowest BCUT2D eigenvalue weighted by Gasteiger charge is -2.39. The Hall–Kier alpha value is -2.19. The maximum atomic E-state index is 14.5. The summed E-state index contributed by atoms with van der Waals surface area (Å²) in [6, 6.07) is 6.20. The Labute approximate surface area is 144 Å². The van der Waals surface area contributed by atoms with E-state index >= 15 is 0 Å². The Morgan fingerprint density at radius 3 is 2.75 bits per heavy atom. The van der Waals surface area contributed by atoms with Crippen LogP contribution in [0.4, 0.5) is 4.39 Å². The molecular weight excluding hydrogens is 331 g/mol. The second-order valence-electron chi connectivity index (χ2n) is 6.96. The van der Waals surface area contributed by atoms with Crippen LogP contribution in [0.2, 0.25) is 5.02 Å². The van der Waals surface area contributed by atoms with Gasteiger partial charge in [-0.25, -0.2) is 4.39 Å². The van der Waals surface area contributed by atoms with E-state index in [1.54, 1.807) is 0 Å². The molecule has 0 aromatic heterocycles. The van der Waals surface area contributed by atoms with Gasteiger partial charge in [-0.3, -0.25) is 10.2 Å². The second-order valence-corrected chi connectivity index (χ2v) is 7.37. The monoisotopic (exact) mass is 346 g/mol. The molecule has 6 heteroatoms. The molecule has 1 heterocycles. The smallest absolute Gasteiger partial charge is 0.205 e. The zero-order valence-electron chi connectivity index (χ0n) is 13.3. The summed E-state index contributed by atoms with van der Waals surface area (Å²) in [5.41, 5.74) is 0.0578. The van der Waals surface area contributed by atoms with Gasteiger partial charge in [0.15, 0.2) is 5.78 Å². The molecule has 24 heavy (non-hydrogen) atoms. The molecule has 0 bridgehead atoms. The fraction of sp³-hybridized carbons (Fsp3) is 0.389. The van der Waals surface area contributed by atoms with Gasteiger partial charge in [-0.05, 0) is 17.5 Å². The topological polar surface area (TPSA) is 73.9 Å². The first-order valence-electron chi connectivity index (χ1n) is 7.61. The van der Waals surface area contributed by atoms with Crippen LogP contribution < -0.4 is 0 Å². The summed E-state index contributed by atoms with van der Waals surface area (Å²) in [5, 5.41) is 17.7. The molecule has 1 aromatic carbocycles. The Morgan fingerprint density at radius 1 is 1.42 bits per heavy atom. The fourth-order valence-electron chi connectivity index (χ4n) is 3.48. The Balaban J connectivity index is 2.26. The van der Waals surface area contributed by atoms with E-state index in [0.717, 1.165) is 0 Å². The molecule has 0 amide bonds. The molecule has 3 rings (SSSR count). The van der Waals surface area contributed by atoms with Crippen LogP contribution in [0.25, 0.3) is 0 Å². The SMILES string of the molecule is CC1(C)CC(=O)C2=C(C1)OC(=N)C(C#N)C2c1c(F)cccc1Cl. The van der Waals surface area contributed by atoms with Crippen LogP contribution in [-0.2, 0) is 9.53 Å². The third kappa shape index (κ3) is 2.61. The number of carbonyl (C=O) groups excluding carboxylic acids is 1. The first kappa shape index (κ1) is 16.7. The molecule has 0 saturated carbocycles. The molecule has 1 aliphatic carbocycles. The zero-order valence-corrected chi connectivity index (χ0v) is 14.1. The molecule has 2 aliphatic rings. The number of benzene rings is 1. The minimum absolute atomic E-state index is 0.0827. The first-order valence-corrected chi connectivity index (χ1v) is 7.99. The molecule has 1 aliphatic heterocycles. The number of hydrogen-bond acceptors (Lipinski definition) is 4. The average molecular weight is 347 g/mol. The molecule has 1 aromatic rings. The van der Waals surface area contributed by atoms with E-state index in [4.69, 9.17) is 21.7 Å². The van der Waals surface area contributed by atoms with Gasteiger partial charge in [0.2, 0.25) is 5.90 Å².